The molecule has 0 aliphatic rings. The first-order chi connectivity index (χ1) is 13.6. The van der Waals surface area contributed by atoms with Crippen LogP contribution in [0, 0.1) is 13.8 Å². The Labute approximate surface area is 163 Å². The lowest BCUT2D eigenvalue weighted by molar-refractivity contribution is 0.374. The summed E-state index contributed by atoms with van der Waals surface area (Å²) in [6, 6.07) is 19.4. The number of fused-ring (bicyclic) bond motifs is 1. The molecule has 1 aromatic heterocycles. The molecule has 0 atom stereocenters. The molecule has 0 aliphatic heterocycles. The summed E-state index contributed by atoms with van der Waals surface area (Å²) in [6.45, 7) is 4.11. The van der Waals surface area contributed by atoms with Crippen LogP contribution in [0.2, 0.25) is 0 Å². The number of hydrogen-bond acceptors (Lipinski definition) is 5. The molecule has 3 aromatic carbocycles. The van der Waals surface area contributed by atoms with E-state index in [2.05, 4.69) is 42.3 Å². The van der Waals surface area contributed by atoms with Gasteiger partial charge in [-0.25, -0.2) is 9.97 Å². The van der Waals surface area contributed by atoms with Crippen molar-refractivity contribution < 1.29 is 9.84 Å². The molecular formula is C23H21N3O2. The number of phenols is 1. The lowest BCUT2D eigenvalue weighted by Crippen LogP contribution is -2.01. The molecule has 1 heterocycles. The molecule has 4 rings (SSSR count). The quantitative estimate of drug-likeness (QED) is 0.505. The van der Waals surface area contributed by atoms with Gasteiger partial charge >= 0.3 is 0 Å². The Morgan fingerprint density at radius 3 is 2.57 bits per heavy atom. The van der Waals surface area contributed by atoms with Gasteiger partial charge in [0.05, 0.1) is 18.2 Å². The van der Waals surface area contributed by atoms with Crippen LogP contribution in [-0.4, -0.2) is 22.2 Å². The Morgan fingerprint density at radius 1 is 0.929 bits per heavy atom. The largest absolute Gasteiger partial charge is 0.504 e. The average molecular weight is 371 g/mol. The fraction of sp³-hybridized carbons (Fsp3) is 0.130. The number of hydrogen-bond donors (Lipinski definition) is 2. The third-order valence-corrected chi connectivity index (χ3v) is 4.71. The summed E-state index contributed by atoms with van der Waals surface area (Å²) >= 11 is 0. The first kappa shape index (κ1) is 17.8. The van der Waals surface area contributed by atoms with Crippen molar-refractivity contribution in [3.05, 3.63) is 71.8 Å². The molecule has 0 radical (unpaired) electrons. The van der Waals surface area contributed by atoms with E-state index in [-0.39, 0.29) is 5.75 Å². The van der Waals surface area contributed by atoms with Crippen molar-refractivity contribution in [2.24, 2.45) is 0 Å². The number of ether oxygens (including phenoxy) is 1. The summed E-state index contributed by atoms with van der Waals surface area (Å²) in [5.41, 5.74) is 4.59. The van der Waals surface area contributed by atoms with Gasteiger partial charge in [0.25, 0.3) is 0 Å². The molecule has 0 bridgehead atoms. The first-order valence-electron chi connectivity index (χ1n) is 9.04. The van der Waals surface area contributed by atoms with E-state index in [0.29, 0.717) is 23.0 Å². The van der Waals surface area contributed by atoms with Crippen LogP contribution in [-0.2, 0) is 0 Å². The highest BCUT2D eigenvalue weighted by Crippen LogP contribution is 2.37. The molecule has 0 saturated heterocycles. The third-order valence-electron chi connectivity index (χ3n) is 4.71. The van der Waals surface area contributed by atoms with Gasteiger partial charge in [-0.1, -0.05) is 30.3 Å². The van der Waals surface area contributed by atoms with Crippen molar-refractivity contribution in [1.29, 1.82) is 0 Å². The van der Waals surface area contributed by atoms with Crippen LogP contribution in [0.4, 0.5) is 11.5 Å². The number of methoxy groups -OCH3 is 1. The van der Waals surface area contributed by atoms with E-state index in [9.17, 15) is 5.11 Å². The second kappa shape index (κ2) is 7.19. The lowest BCUT2D eigenvalue weighted by atomic mass is 10.1. The van der Waals surface area contributed by atoms with Crippen LogP contribution in [0.3, 0.4) is 0 Å². The number of phenolic OH excluding ortho intramolecular Hbond substituents is 1. The second-order valence-electron chi connectivity index (χ2n) is 6.71. The Bertz CT molecular complexity index is 1170. The SMILES string of the molecule is COc1cccc(-c2nc(Nc3cc(C)ccc3C)c3ccccc3n2)c1O. The van der Waals surface area contributed by atoms with Crippen molar-refractivity contribution in [2.45, 2.75) is 13.8 Å². The minimum atomic E-state index is 0.0259. The molecule has 4 aromatic rings. The number of anilines is 2. The molecule has 140 valence electrons. The van der Waals surface area contributed by atoms with E-state index in [0.717, 1.165) is 27.7 Å². The predicted molar refractivity (Wildman–Crippen MR) is 112 cm³/mol. The van der Waals surface area contributed by atoms with Crippen LogP contribution in [0.1, 0.15) is 11.1 Å². The number of aromatic hydroxyl groups is 1. The highest BCUT2D eigenvalue weighted by Gasteiger charge is 2.15. The van der Waals surface area contributed by atoms with Gasteiger partial charge < -0.3 is 15.2 Å². The van der Waals surface area contributed by atoms with Gasteiger partial charge in [0.2, 0.25) is 0 Å². The van der Waals surface area contributed by atoms with Crippen molar-refractivity contribution in [3.63, 3.8) is 0 Å². The molecule has 0 aliphatic carbocycles. The molecule has 0 amide bonds. The van der Waals surface area contributed by atoms with Gasteiger partial charge in [-0.3, -0.25) is 0 Å². The van der Waals surface area contributed by atoms with E-state index >= 15 is 0 Å². The Kier molecular flexibility index (Phi) is 4.57. The molecule has 2 N–H and O–H groups in total. The molecule has 5 nitrogen and oxygen atoms in total. The molecule has 0 fully saturated rings. The lowest BCUT2D eigenvalue weighted by Gasteiger charge is -2.14. The van der Waals surface area contributed by atoms with Gasteiger partial charge in [0.1, 0.15) is 5.82 Å². The van der Waals surface area contributed by atoms with Gasteiger partial charge in [0.15, 0.2) is 17.3 Å². The molecule has 28 heavy (non-hydrogen) atoms. The number of para-hydroxylation sites is 2. The number of nitrogens with zero attached hydrogens (tertiary/aromatic N) is 2. The zero-order valence-corrected chi connectivity index (χ0v) is 16.0. The minimum absolute atomic E-state index is 0.0259. The summed E-state index contributed by atoms with van der Waals surface area (Å²) in [5.74, 6) is 1.54. The van der Waals surface area contributed by atoms with Gasteiger partial charge in [-0.05, 0) is 55.3 Å². The van der Waals surface area contributed by atoms with Crippen LogP contribution in [0.25, 0.3) is 22.3 Å². The summed E-state index contributed by atoms with van der Waals surface area (Å²) in [5, 5.41) is 14.9. The van der Waals surface area contributed by atoms with E-state index in [1.165, 1.54) is 7.11 Å². The Balaban J connectivity index is 1.90. The zero-order chi connectivity index (χ0) is 19.7. The fourth-order valence-corrected chi connectivity index (χ4v) is 3.16. The number of aryl methyl sites for hydroxylation is 2. The molecular weight excluding hydrogens is 350 g/mol. The molecule has 0 saturated carbocycles. The predicted octanol–water partition coefficient (Wildman–Crippen LogP) is 5.37. The smallest absolute Gasteiger partial charge is 0.168 e. The summed E-state index contributed by atoms with van der Waals surface area (Å²) in [6.07, 6.45) is 0. The second-order valence-corrected chi connectivity index (χ2v) is 6.71. The maximum atomic E-state index is 10.6. The zero-order valence-electron chi connectivity index (χ0n) is 16.0. The first-order valence-corrected chi connectivity index (χ1v) is 9.04. The van der Waals surface area contributed by atoms with E-state index in [1.807, 2.05) is 30.3 Å². The van der Waals surface area contributed by atoms with Crippen molar-refractivity contribution in [3.8, 4) is 22.9 Å². The van der Waals surface area contributed by atoms with Gasteiger partial charge in [-0.2, -0.15) is 0 Å². The van der Waals surface area contributed by atoms with Gasteiger partial charge in [0, 0.05) is 11.1 Å². The van der Waals surface area contributed by atoms with E-state index in [4.69, 9.17) is 9.72 Å². The highest BCUT2D eigenvalue weighted by molar-refractivity contribution is 5.92. The van der Waals surface area contributed by atoms with Crippen LogP contribution >= 0.6 is 0 Å². The normalized spacial score (nSPS) is 10.8. The topological polar surface area (TPSA) is 67.3 Å². The number of rotatable bonds is 4. The fourth-order valence-electron chi connectivity index (χ4n) is 3.16. The highest BCUT2D eigenvalue weighted by atomic mass is 16.5. The third kappa shape index (κ3) is 3.22. The maximum Gasteiger partial charge on any atom is 0.168 e. The Morgan fingerprint density at radius 2 is 1.75 bits per heavy atom. The van der Waals surface area contributed by atoms with Crippen LogP contribution in [0.15, 0.2) is 60.7 Å². The maximum absolute atomic E-state index is 10.6. The Hall–Kier alpha value is -3.60. The van der Waals surface area contributed by atoms with Crippen molar-refractivity contribution in [2.75, 3.05) is 12.4 Å². The number of nitrogens with one attached hydrogen (secondary N) is 1. The molecule has 0 spiro atoms. The van der Waals surface area contributed by atoms with Gasteiger partial charge in [-0.15, -0.1) is 0 Å². The van der Waals surface area contributed by atoms with Crippen LogP contribution in [0.5, 0.6) is 11.5 Å². The minimum Gasteiger partial charge on any atom is -0.504 e. The molecule has 5 heteroatoms. The van der Waals surface area contributed by atoms with E-state index in [1.54, 1.807) is 12.1 Å². The number of aromatic nitrogens is 2. The monoisotopic (exact) mass is 371 g/mol. The van der Waals surface area contributed by atoms with Crippen molar-refractivity contribution >= 4 is 22.4 Å². The molecule has 0 unspecified atom stereocenters. The van der Waals surface area contributed by atoms with E-state index < -0.39 is 0 Å². The van der Waals surface area contributed by atoms with Crippen molar-refractivity contribution in [1.82, 2.24) is 9.97 Å². The number of benzene rings is 3. The summed E-state index contributed by atoms with van der Waals surface area (Å²) < 4.78 is 5.23. The summed E-state index contributed by atoms with van der Waals surface area (Å²) in [7, 11) is 1.52. The summed E-state index contributed by atoms with van der Waals surface area (Å²) in [4.78, 5) is 9.39. The standard InChI is InChI=1S/C23H21N3O2/c1-14-11-12-15(2)19(13-14)25-22-16-7-4-5-9-18(16)24-23(26-22)17-8-6-10-20(28-3)21(17)27/h4-13,27H,1-3H3,(H,24,25,26). The average Bonchev–Trinajstić information content (AvgIpc) is 2.71. The van der Waals surface area contributed by atoms with Crippen LogP contribution < -0.4 is 10.1 Å².